The molecule has 6 nitrogen and oxygen atoms in total. The average molecular weight is 406 g/mol. The summed E-state index contributed by atoms with van der Waals surface area (Å²) in [5.41, 5.74) is 1.94. The minimum absolute atomic E-state index is 0.238. The minimum atomic E-state index is -0.583. The number of ether oxygens (including phenoxy) is 1. The summed E-state index contributed by atoms with van der Waals surface area (Å²) in [4.78, 5) is 29.4. The summed E-state index contributed by atoms with van der Waals surface area (Å²) in [6.07, 6.45) is 2.24. The second kappa shape index (κ2) is 8.97. The third kappa shape index (κ3) is 4.50. The third-order valence-corrected chi connectivity index (χ3v) is 5.74. The zero-order valence-corrected chi connectivity index (χ0v) is 17.5. The van der Waals surface area contributed by atoms with Gasteiger partial charge in [0.1, 0.15) is 0 Å². The van der Waals surface area contributed by atoms with Crippen LogP contribution in [0.4, 0.5) is 4.79 Å². The van der Waals surface area contributed by atoms with E-state index in [-0.39, 0.29) is 12.6 Å². The van der Waals surface area contributed by atoms with Crippen molar-refractivity contribution < 1.29 is 14.3 Å². The van der Waals surface area contributed by atoms with Crippen molar-refractivity contribution in [3.8, 4) is 0 Å². The average Bonchev–Trinajstić information content (AvgIpc) is 2.67. The molecule has 2 aliphatic rings. The number of halogens is 1. The maximum atomic E-state index is 12.9. The molecule has 7 heteroatoms. The summed E-state index contributed by atoms with van der Waals surface area (Å²) in [5, 5.41) is 3.48. The number of benzene rings is 1. The molecule has 1 saturated heterocycles. The van der Waals surface area contributed by atoms with E-state index in [1.165, 1.54) is 4.90 Å². The molecule has 0 aliphatic carbocycles. The number of likely N-dealkylation sites (N-methyl/N-ethyl adjacent to an activating group) is 1. The van der Waals surface area contributed by atoms with E-state index >= 15 is 0 Å². The number of piperidine rings is 1. The number of urea groups is 1. The number of hydrogen-bond donors (Lipinski definition) is 1. The van der Waals surface area contributed by atoms with E-state index in [1.807, 2.05) is 12.1 Å². The Bertz CT molecular complexity index is 772. The Hall–Kier alpha value is -2.05. The molecule has 2 amide bonds. The number of rotatable bonds is 5. The lowest BCUT2D eigenvalue weighted by Gasteiger charge is -2.38. The molecule has 3 rings (SSSR count). The van der Waals surface area contributed by atoms with Crippen LogP contribution in [0.2, 0.25) is 5.02 Å². The molecule has 28 heavy (non-hydrogen) atoms. The van der Waals surface area contributed by atoms with Gasteiger partial charge in [-0.2, -0.15) is 0 Å². The Balaban J connectivity index is 2.02. The zero-order valence-electron chi connectivity index (χ0n) is 16.7. The van der Waals surface area contributed by atoms with Gasteiger partial charge in [0.2, 0.25) is 0 Å². The van der Waals surface area contributed by atoms with Gasteiger partial charge in [-0.15, -0.1) is 0 Å². The topological polar surface area (TPSA) is 61.9 Å². The molecule has 0 bridgehead atoms. The predicted octanol–water partition coefficient (Wildman–Crippen LogP) is 3.59. The van der Waals surface area contributed by atoms with Crippen molar-refractivity contribution in [2.24, 2.45) is 5.92 Å². The molecule has 1 fully saturated rings. The fourth-order valence-corrected chi connectivity index (χ4v) is 3.96. The first kappa shape index (κ1) is 20.7. The molecule has 0 spiro atoms. The number of likely N-dealkylation sites (tertiary alicyclic amines) is 1. The monoisotopic (exact) mass is 405 g/mol. The van der Waals surface area contributed by atoms with Crippen LogP contribution in [0.25, 0.3) is 0 Å². The van der Waals surface area contributed by atoms with E-state index in [0.717, 1.165) is 31.5 Å². The lowest BCUT2D eigenvalue weighted by Crippen LogP contribution is -2.50. The molecule has 2 heterocycles. The zero-order chi connectivity index (χ0) is 20.3. The van der Waals surface area contributed by atoms with Gasteiger partial charge < -0.3 is 10.1 Å². The summed E-state index contributed by atoms with van der Waals surface area (Å²) >= 11 is 6.16. The van der Waals surface area contributed by atoms with Gasteiger partial charge >= 0.3 is 12.0 Å². The quantitative estimate of drug-likeness (QED) is 0.760. The first-order valence-electron chi connectivity index (χ1n) is 9.83. The molecule has 0 radical (unpaired) electrons. The summed E-state index contributed by atoms with van der Waals surface area (Å²) in [5.74, 6) is 0.307. The van der Waals surface area contributed by atoms with Crippen molar-refractivity contribution in [2.75, 3.05) is 33.3 Å². The second-order valence-corrected chi connectivity index (χ2v) is 7.97. The third-order valence-electron chi connectivity index (χ3n) is 5.50. The highest BCUT2D eigenvalue weighted by atomic mass is 35.5. The van der Waals surface area contributed by atoms with Gasteiger partial charge in [-0.25, -0.2) is 9.59 Å². The van der Waals surface area contributed by atoms with E-state index in [0.29, 0.717) is 28.8 Å². The van der Waals surface area contributed by atoms with Crippen LogP contribution < -0.4 is 5.32 Å². The standard InChI is InChI=1S/C21H28ClN3O3/c1-4-28-20(26)18-17(13-25-10-8-14(2)9-11-25)24(3)21(27)23-19(18)15-6-5-7-16(22)12-15/h5-7,12,14,19H,4,8-11,13H2,1-3H3,(H,23,27)/t19-/m0/s1. The lowest BCUT2D eigenvalue weighted by molar-refractivity contribution is -0.139. The molecular weight excluding hydrogens is 378 g/mol. The van der Waals surface area contributed by atoms with Crippen molar-refractivity contribution in [2.45, 2.75) is 32.7 Å². The number of nitrogens with zero attached hydrogens (tertiary/aromatic N) is 2. The van der Waals surface area contributed by atoms with Gasteiger partial charge in [0.25, 0.3) is 0 Å². The highest BCUT2D eigenvalue weighted by Gasteiger charge is 2.37. The molecule has 152 valence electrons. The molecule has 2 aliphatic heterocycles. The van der Waals surface area contributed by atoms with Crippen LogP contribution in [0.15, 0.2) is 35.5 Å². The fourth-order valence-electron chi connectivity index (χ4n) is 3.77. The van der Waals surface area contributed by atoms with Crippen LogP contribution in [0.3, 0.4) is 0 Å². The normalized spacial score (nSPS) is 21.6. The molecule has 1 aromatic carbocycles. The molecule has 1 N–H and O–H groups in total. The highest BCUT2D eigenvalue weighted by molar-refractivity contribution is 6.30. The number of nitrogens with one attached hydrogen (secondary N) is 1. The summed E-state index contributed by atoms with van der Waals surface area (Å²) in [7, 11) is 1.70. The van der Waals surface area contributed by atoms with Gasteiger partial charge in [-0.05, 0) is 56.5 Å². The largest absolute Gasteiger partial charge is 0.463 e. The van der Waals surface area contributed by atoms with Gasteiger partial charge in [-0.3, -0.25) is 9.80 Å². The fraction of sp³-hybridized carbons (Fsp3) is 0.524. The summed E-state index contributed by atoms with van der Waals surface area (Å²) < 4.78 is 5.36. The van der Waals surface area contributed by atoms with Crippen molar-refractivity contribution in [1.82, 2.24) is 15.1 Å². The first-order valence-corrected chi connectivity index (χ1v) is 10.2. The van der Waals surface area contributed by atoms with Crippen LogP contribution >= 0.6 is 11.6 Å². The lowest BCUT2D eigenvalue weighted by atomic mass is 9.93. The predicted molar refractivity (Wildman–Crippen MR) is 109 cm³/mol. The Labute approximate surface area is 171 Å². The molecule has 0 aromatic heterocycles. The van der Waals surface area contributed by atoms with Crippen LogP contribution in [0.1, 0.15) is 38.3 Å². The van der Waals surface area contributed by atoms with Crippen LogP contribution in [-0.2, 0) is 9.53 Å². The first-order chi connectivity index (χ1) is 13.4. The maximum Gasteiger partial charge on any atom is 0.338 e. The van der Waals surface area contributed by atoms with Crippen molar-refractivity contribution >= 4 is 23.6 Å². The van der Waals surface area contributed by atoms with Gasteiger partial charge in [0.05, 0.1) is 18.2 Å². The number of carbonyl (C=O) groups excluding carboxylic acids is 2. The van der Waals surface area contributed by atoms with Crippen LogP contribution in [0.5, 0.6) is 0 Å². The number of carbonyl (C=O) groups is 2. The Morgan fingerprint density at radius 3 is 2.68 bits per heavy atom. The molecular formula is C21H28ClN3O3. The van der Waals surface area contributed by atoms with Gasteiger partial charge in [0.15, 0.2) is 0 Å². The smallest absolute Gasteiger partial charge is 0.338 e. The molecule has 1 aromatic rings. The Morgan fingerprint density at radius 1 is 1.32 bits per heavy atom. The van der Waals surface area contributed by atoms with E-state index in [2.05, 4.69) is 17.1 Å². The molecule has 0 unspecified atom stereocenters. The number of esters is 1. The van der Waals surface area contributed by atoms with Gasteiger partial charge in [-0.1, -0.05) is 30.7 Å². The van der Waals surface area contributed by atoms with Crippen LogP contribution in [0, 0.1) is 5.92 Å². The maximum absolute atomic E-state index is 12.9. The molecule has 0 saturated carbocycles. The van der Waals surface area contributed by atoms with E-state index in [4.69, 9.17) is 16.3 Å². The van der Waals surface area contributed by atoms with Crippen LogP contribution in [-0.4, -0.2) is 55.1 Å². The number of hydrogen-bond acceptors (Lipinski definition) is 4. The Kier molecular flexibility index (Phi) is 6.62. The summed E-state index contributed by atoms with van der Waals surface area (Å²) in [6.45, 7) is 6.77. The summed E-state index contributed by atoms with van der Waals surface area (Å²) in [6, 6.07) is 6.40. The number of amides is 2. The van der Waals surface area contributed by atoms with Gasteiger partial charge in [0, 0.05) is 24.3 Å². The van der Waals surface area contributed by atoms with Crippen molar-refractivity contribution in [1.29, 1.82) is 0 Å². The van der Waals surface area contributed by atoms with E-state index in [1.54, 1.807) is 26.1 Å². The van der Waals surface area contributed by atoms with E-state index < -0.39 is 12.0 Å². The van der Waals surface area contributed by atoms with Crippen molar-refractivity contribution in [3.05, 3.63) is 46.1 Å². The molecule has 1 atom stereocenters. The highest BCUT2D eigenvalue weighted by Crippen LogP contribution is 2.33. The second-order valence-electron chi connectivity index (χ2n) is 7.54. The Morgan fingerprint density at radius 2 is 2.04 bits per heavy atom. The van der Waals surface area contributed by atoms with Crippen molar-refractivity contribution in [3.63, 3.8) is 0 Å². The SMILES string of the molecule is CCOC(=O)C1=C(CN2CCC(C)CC2)N(C)C(=O)N[C@H]1c1cccc(Cl)c1. The van der Waals surface area contributed by atoms with E-state index in [9.17, 15) is 9.59 Å². The minimum Gasteiger partial charge on any atom is -0.463 e.